The van der Waals surface area contributed by atoms with Crippen LogP contribution in [-0.2, 0) is 14.1 Å². The lowest BCUT2D eigenvalue weighted by Gasteiger charge is -2.10. The number of aryl methyl sites for hydroxylation is 3. The van der Waals surface area contributed by atoms with Crippen LogP contribution in [0.5, 0.6) is 0 Å². The van der Waals surface area contributed by atoms with Crippen LogP contribution >= 0.6 is 0 Å². The van der Waals surface area contributed by atoms with Gasteiger partial charge in [-0.3, -0.25) is 19.0 Å². The average Bonchev–Trinajstić information content (AvgIpc) is 2.92. The standard InChI is InChI=1S/C14H20N6O2/c1-8-7-10(16-19(8)5)13(21)15-11-9(2)20(6)17-12(11)14(22)18(3)4/h7H,1-6H3,(H,15,21). The fourth-order valence-electron chi connectivity index (χ4n) is 1.97. The highest BCUT2D eigenvalue weighted by atomic mass is 16.2. The van der Waals surface area contributed by atoms with Crippen molar-refractivity contribution in [3.05, 3.63) is 28.8 Å². The van der Waals surface area contributed by atoms with Gasteiger partial charge in [-0.15, -0.1) is 0 Å². The number of rotatable bonds is 3. The Balaban J connectivity index is 2.36. The minimum absolute atomic E-state index is 0.214. The molecule has 0 saturated heterocycles. The minimum Gasteiger partial charge on any atom is -0.343 e. The van der Waals surface area contributed by atoms with Crippen molar-refractivity contribution in [1.82, 2.24) is 24.5 Å². The summed E-state index contributed by atoms with van der Waals surface area (Å²) in [6.07, 6.45) is 0. The van der Waals surface area contributed by atoms with Crippen LogP contribution in [-0.4, -0.2) is 50.4 Å². The van der Waals surface area contributed by atoms with Crippen molar-refractivity contribution >= 4 is 17.5 Å². The third-order valence-corrected chi connectivity index (χ3v) is 3.53. The van der Waals surface area contributed by atoms with E-state index in [1.165, 1.54) is 4.90 Å². The van der Waals surface area contributed by atoms with Gasteiger partial charge in [0.15, 0.2) is 11.4 Å². The second-order valence-corrected chi connectivity index (χ2v) is 5.38. The predicted molar refractivity (Wildman–Crippen MR) is 81.9 cm³/mol. The molecule has 2 amide bonds. The topological polar surface area (TPSA) is 85.1 Å². The SMILES string of the molecule is Cc1cc(C(=O)Nc2c(C(=O)N(C)C)nn(C)c2C)nn1C. The summed E-state index contributed by atoms with van der Waals surface area (Å²) in [5, 5.41) is 11.1. The van der Waals surface area contributed by atoms with Crippen molar-refractivity contribution in [2.45, 2.75) is 13.8 Å². The van der Waals surface area contributed by atoms with Gasteiger partial charge in [-0.1, -0.05) is 0 Å². The molecule has 2 heterocycles. The van der Waals surface area contributed by atoms with Crippen molar-refractivity contribution in [3.63, 3.8) is 0 Å². The molecule has 0 saturated carbocycles. The number of carbonyl (C=O) groups excluding carboxylic acids is 2. The summed E-state index contributed by atoms with van der Waals surface area (Å²) in [7, 11) is 6.77. The Hall–Kier alpha value is -2.64. The van der Waals surface area contributed by atoms with Crippen LogP contribution in [0.25, 0.3) is 0 Å². The lowest BCUT2D eigenvalue weighted by atomic mass is 10.2. The molecule has 0 spiro atoms. The van der Waals surface area contributed by atoms with Gasteiger partial charge < -0.3 is 10.2 Å². The van der Waals surface area contributed by atoms with Crippen LogP contribution in [0.2, 0.25) is 0 Å². The third kappa shape index (κ3) is 2.72. The van der Waals surface area contributed by atoms with Gasteiger partial charge in [0, 0.05) is 33.9 Å². The second-order valence-electron chi connectivity index (χ2n) is 5.38. The largest absolute Gasteiger partial charge is 0.343 e. The molecule has 0 bridgehead atoms. The van der Waals surface area contributed by atoms with E-state index in [4.69, 9.17) is 0 Å². The lowest BCUT2D eigenvalue weighted by molar-refractivity contribution is 0.0822. The quantitative estimate of drug-likeness (QED) is 0.905. The summed E-state index contributed by atoms with van der Waals surface area (Å²) in [5.74, 6) is -0.635. The molecule has 0 fully saturated rings. The maximum atomic E-state index is 12.3. The van der Waals surface area contributed by atoms with Crippen LogP contribution in [0.15, 0.2) is 6.07 Å². The number of hydrogen-bond donors (Lipinski definition) is 1. The first-order valence-corrected chi connectivity index (χ1v) is 6.79. The van der Waals surface area contributed by atoms with Gasteiger partial charge in [-0.05, 0) is 19.9 Å². The van der Waals surface area contributed by atoms with Gasteiger partial charge in [-0.25, -0.2) is 0 Å². The Bertz CT molecular complexity index is 721. The third-order valence-electron chi connectivity index (χ3n) is 3.53. The van der Waals surface area contributed by atoms with E-state index in [-0.39, 0.29) is 17.5 Å². The Morgan fingerprint density at radius 3 is 2.27 bits per heavy atom. The maximum absolute atomic E-state index is 12.3. The first kappa shape index (κ1) is 15.7. The molecule has 0 radical (unpaired) electrons. The van der Waals surface area contributed by atoms with E-state index >= 15 is 0 Å². The Kier molecular flexibility index (Phi) is 4.03. The molecule has 0 atom stereocenters. The summed E-state index contributed by atoms with van der Waals surface area (Å²) in [6, 6.07) is 1.69. The highest BCUT2D eigenvalue weighted by Gasteiger charge is 2.23. The Morgan fingerprint density at radius 1 is 1.14 bits per heavy atom. The number of nitrogens with one attached hydrogen (secondary N) is 1. The normalized spacial score (nSPS) is 10.6. The minimum atomic E-state index is -0.368. The molecule has 118 valence electrons. The van der Waals surface area contributed by atoms with E-state index in [1.807, 2.05) is 6.92 Å². The van der Waals surface area contributed by atoms with Gasteiger partial charge in [0.05, 0.1) is 11.4 Å². The summed E-state index contributed by atoms with van der Waals surface area (Å²) in [5.41, 5.74) is 2.50. The van der Waals surface area contributed by atoms with Gasteiger partial charge in [0.1, 0.15) is 0 Å². The lowest BCUT2D eigenvalue weighted by Crippen LogP contribution is -2.24. The molecule has 0 aliphatic rings. The molecule has 0 aliphatic carbocycles. The first-order valence-electron chi connectivity index (χ1n) is 6.79. The van der Waals surface area contributed by atoms with Crippen LogP contribution in [0.4, 0.5) is 5.69 Å². The van der Waals surface area contributed by atoms with Crippen LogP contribution in [0.1, 0.15) is 32.4 Å². The summed E-state index contributed by atoms with van der Waals surface area (Å²) < 4.78 is 3.19. The maximum Gasteiger partial charge on any atom is 0.276 e. The molecule has 1 N–H and O–H groups in total. The van der Waals surface area contributed by atoms with E-state index < -0.39 is 0 Å². The fourth-order valence-corrected chi connectivity index (χ4v) is 1.97. The molecule has 8 heteroatoms. The highest BCUT2D eigenvalue weighted by molar-refractivity contribution is 6.07. The van der Waals surface area contributed by atoms with Crippen molar-refractivity contribution in [3.8, 4) is 0 Å². The van der Waals surface area contributed by atoms with Crippen molar-refractivity contribution in [2.75, 3.05) is 19.4 Å². The van der Waals surface area contributed by atoms with Gasteiger partial charge in [0.2, 0.25) is 0 Å². The summed E-state index contributed by atoms with van der Waals surface area (Å²) in [4.78, 5) is 25.9. The number of hydrogen-bond acceptors (Lipinski definition) is 4. The van der Waals surface area contributed by atoms with Crippen LogP contribution in [0.3, 0.4) is 0 Å². The molecule has 0 unspecified atom stereocenters. The number of nitrogens with zero attached hydrogens (tertiary/aromatic N) is 5. The number of anilines is 1. The first-order chi connectivity index (χ1) is 10.2. The molecule has 22 heavy (non-hydrogen) atoms. The number of aromatic nitrogens is 4. The van der Waals surface area contributed by atoms with Gasteiger partial charge >= 0.3 is 0 Å². The monoisotopic (exact) mass is 304 g/mol. The Morgan fingerprint density at radius 2 is 1.77 bits per heavy atom. The average molecular weight is 304 g/mol. The van der Waals surface area contributed by atoms with Crippen LogP contribution < -0.4 is 5.32 Å². The van der Waals surface area contributed by atoms with E-state index in [0.29, 0.717) is 17.1 Å². The molecule has 2 aromatic heterocycles. The number of amides is 2. The predicted octanol–water partition coefficient (Wildman–Crippen LogP) is 0.725. The van der Waals surface area contributed by atoms with Gasteiger partial charge in [-0.2, -0.15) is 10.2 Å². The summed E-state index contributed by atoms with van der Waals surface area (Å²) in [6.45, 7) is 3.65. The van der Waals surface area contributed by atoms with Crippen LogP contribution in [0, 0.1) is 13.8 Å². The van der Waals surface area contributed by atoms with E-state index in [0.717, 1.165) is 5.69 Å². The van der Waals surface area contributed by atoms with E-state index in [9.17, 15) is 9.59 Å². The van der Waals surface area contributed by atoms with Crippen molar-refractivity contribution in [1.29, 1.82) is 0 Å². The fraction of sp³-hybridized carbons (Fsp3) is 0.429. The Labute approximate surface area is 128 Å². The smallest absolute Gasteiger partial charge is 0.276 e. The second kappa shape index (κ2) is 5.63. The van der Waals surface area contributed by atoms with Gasteiger partial charge in [0.25, 0.3) is 11.8 Å². The molecule has 2 aromatic rings. The van der Waals surface area contributed by atoms with E-state index in [2.05, 4.69) is 15.5 Å². The summed E-state index contributed by atoms with van der Waals surface area (Å²) >= 11 is 0. The molecule has 2 rings (SSSR count). The zero-order chi connectivity index (χ0) is 16.6. The zero-order valence-corrected chi connectivity index (χ0v) is 13.6. The number of carbonyl (C=O) groups is 2. The zero-order valence-electron chi connectivity index (χ0n) is 13.6. The molecular weight excluding hydrogens is 284 g/mol. The molecule has 0 aromatic carbocycles. The van der Waals surface area contributed by atoms with Crippen molar-refractivity contribution in [2.24, 2.45) is 14.1 Å². The molecular formula is C14H20N6O2. The highest BCUT2D eigenvalue weighted by Crippen LogP contribution is 2.21. The van der Waals surface area contributed by atoms with Crippen molar-refractivity contribution < 1.29 is 9.59 Å². The molecule has 0 aliphatic heterocycles. The molecule has 8 nitrogen and oxygen atoms in total. The van der Waals surface area contributed by atoms with E-state index in [1.54, 1.807) is 50.5 Å².